The van der Waals surface area contributed by atoms with Gasteiger partial charge >= 0.3 is 0 Å². The summed E-state index contributed by atoms with van der Waals surface area (Å²) in [6.45, 7) is 4.03. The molecule has 2 heterocycles. The number of nitrogens with zero attached hydrogens (tertiary/aromatic N) is 2. The highest BCUT2D eigenvalue weighted by Crippen LogP contribution is 2.25. The maximum atomic E-state index is 5.47. The first-order chi connectivity index (χ1) is 9.22. The van der Waals surface area contributed by atoms with Crippen LogP contribution in [-0.4, -0.2) is 17.1 Å². The van der Waals surface area contributed by atoms with Crippen molar-refractivity contribution in [2.75, 3.05) is 7.05 Å². The van der Waals surface area contributed by atoms with Gasteiger partial charge in [0.15, 0.2) is 0 Å². The molecular weight excluding hydrogens is 256 g/mol. The molecule has 0 atom stereocenters. The van der Waals surface area contributed by atoms with Crippen LogP contribution >= 0.6 is 11.3 Å². The van der Waals surface area contributed by atoms with Gasteiger partial charge in [-0.2, -0.15) is 0 Å². The minimum absolute atomic E-state index is 0.885. The fourth-order valence-electron chi connectivity index (χ4n) is 2.72. The molecule has 0 spiro atoms. The van der Waals surface area contributed by atoms with E-state index in [1.54, 1.807) is 0 Å². The molecule has 0 bridgehead atoms. The predicted molar refractivity (Wildman–Crippen MR) is 77.4 cm³/mol. The number of aryl methyl sites for hydroxylation is 2. The minimum Gasteiger partial charge on any atom is -0.361 e. The van der Waals surface area contributed by atoms with Gasteiger partial charge in [0.25, 0.3) is 0 Å². The van der Waals surface area contributed by atoms with Gasteiger partial charge < -0.3 is 4.52 Å². The summed E-state index contributed by atoms with van der Waals surface area (Å²) in [7, 11) is 2.15. The van der Waals surface area contributed by atoms with E-state index in [0.717, 1.165) is 37.4 Å². The van der Waals surface area contributed by atoms with Crippen LogP contribution in [0.25, 0.3) is 0 Å². The molecule has 4 heteroatoms. The molecule has 0 aliphatic heterocycles. The monoisotopic (exact) mass is 276 g/mol. The fraction of sp³-hybridized carbons (Fsp3) is 0.533. The lowest BCUT2D eigenvalue weighted by atomic mass is 9.96. The Bertz CT molecular complexity index is 558. The van der Waals surface area contributed by atoms with Crippen molar-refractivity contribution in [3.63, 3.8) is 0 Å². The van der Waals surface area contributed by atoms with Gasteiger partial charge in [-0.05, 0) is 45.4 Å². The second-order valence-corrected chi connectivity index (χ2v) is 6.80. The second-order valence-electron chi connectivity index (χ2n) is 5.42. The topological polar surface area (TPSA) is 29.3 Å². The molecule has 0 unspecified atom stereocenters. The molecule has 0 amide bonds. The molecule has 0 radical (unpaired) electrons. The summed E-state index contributed by atoms with van der Waals surface area (Å²) < 4.78 is 5.47. The highest BCUT2D eigenvalue weighted by atomic mass is 32.1. The number of fused-ring (bicyclic) bond motifs is 1. The van der Waals surface area contributed by atoms with Crippen LogP contribution in [-0.2, 0) is 25.9 Å². The van der Waals surface area contributed by atoms with E-state index in [9.17, 15) is 0 Å². The molecule has 102 valence electrons. The van der Waals surface area contributed by atoms with Gasteiger partial charge in [-0.15, -0.1) is 11.3 Å². The standard InChI is InChI=1S/C15H20N2OS/c1-11-7-8-12(19-11)9-17(2)10-14-13-5-3-4-6-15(13)18-16-14/h7-8H,3-6,9-10H2,1-2H3. The zero-order valence-corrected chi connectivity index (χ0v) is 12.4. The van der Waals surface area contributed by atoms with Crippen molar-refractivity contribution in [2.24, 2.45) is 0 Å². The van der Waals surface area contributed by atoms with Crippen LogP contribution in [0.5, 0.6) is 0 Å². The Kier molecular flexibility index (Phi) is 3.71. The van der Waals surface area contributed by atoms with Crippen molar-refractivity contribution < 1.29 is 4.52 Å². The average molecular weight is 276 g/mol. The third kappa shape index (κ3) is 2.90. The lowest BCUT2D eigenvalue weighted by Gasteiger charge is -2.15. The average Bonchev–Trinajstić information content (AvgIpc) is 2.97. The summed E-state index contributed by atoms with van der Waals surface area (Å²) >= 11 is 1.87. The Balaban J connectivity index is 1.66. The van der Waals surface area contributed by atoms with E-state index in [1.807, 2.05) is 11.3 Å². The Hall–Kier alpha value is -1.13. The molecule has 1 aliphatic rings. The smallest absolute Gasteiger partial charge is 0.140 e. The lowest BCUT2D eigenvalue weighted by Crippen LogP contribution is -2.18. The molecule has 3 nitrogen and oxygen atoms in total. The van der Waals surface area contributed by atoms with E-state index in [-0.39, 0.29) is 0 Å². The molecule has 0 aromatic carbocycles. The number of aromatic nitrogens is 1. The fourth-order valence-corrected chi connectivity index (χ4v) is 3.69. The summed E-state index contributed by atoms with van der Waals surface area (Å²) in [4.78, 5) is 5.11. The Morgan fingerprint density at radius 1 is 1.26 bits per heavy atom. The van der Waals surface area contributed by atoms with Crippen LogP contribution < -0.4 is 0 Å². The number of hydrogen-bond donors (Lipinski definition) is 0. The summed E-state index contributed by atoms with van der Waals surface area (Å²) in [6.07, 6.45) is 4.72. The van der Waals surface area contributed by atoms with E-state index < -0.39 is 0 Å². The number of rotatable bonds is 4. The van der Waals surface area contributed by atoms with E-state index >= 15 is 0 Å². The first-order valence-corrected chi connectivity index (χ1v) is 7.74. The number of thiophene rings is 1. The van der Waals surface area contributed by atoms with Gasteiger partial charge in [0.2, 0.25) is 0 Å². The van der Waals surface area contributed by atoms with Gasteiger partial charge in [0.1, 0.15) is 11.5 Å². The van der Waals surface area contributed by atoms with Gasteiger partial charge in [-0.3, -0.25) is 4.90 Å². The molecule has 2 aromatic heterocycles. The van der Waals surface area contributed by atoms with Crippen molar-refractivity contribution in [1.29, 1.82) is 0 Å². The predicted octanol–water partition coefficient (Wildman–Crippen LogP) is 3.56. The summed E-state index contributed by atoms with van der Waals surface area (Å²) in [6, 6.07) is 4.40. The Morgan fingerprint density at radius 3 is 2.89 bits per heavy atom. The van der Waals surface area contributed by atoms with E-state index in [4.69, 9.17) is 4.52 Å². The first-order valence-electron chi connectivity index (χ1n) is 6.92. The zero-order valence-electron chi connectivity index (χ0n) is 11.6. The third-order valence-electron chi connectivity index (χ3n) is 3.67. The molecule has 1 aliphatic carbocycles. The van der Waals surface area contributed by atoms with E-state index in [2.05, 4.69) is 36.2 Å². The molecule has 0 N–H and O–H groups in total. The van der Waals surface area contributed by atoms with Crippen molar-refractivity contribution >= 4 is 11.3 Å². The Labute approximate surface area is 118 Å². The number of hydrogen-bond acceptors (Lipinski definition) is 4. The lowest BCUT2D eigenvalue weighted by molar-refractivity contribution is 0.303. The quantitative estimate of drug-likeness (QED) is 0.855. The van der Waals surface area contributed by atoms with Crippen LogP contribution in [0, 0.1) is 6.92 Å². The molecule has 2 aromatic rings. The van der Waals surface area contributed by atoms with Crippen LogP contribution in [0.15, 0.2) is 16.7 Å². The van der Waals surface area contributed by atoms with Gasteiger partial charge in [0.05, 0.1) is 0 Å². The largest absolute Gasteiger partial charge is 0.361 e. The van der Waals surface area contributed by atoms with Crippen LogP contribution in [0.3, 0.4) is 0 Å². The van der Waals surface area contributed by atoms with Gasteiger partial charge in [-0.25, -0.2) is 0 Å². The minimum atomic E-state index is 0.885. The summed E-state index contributed by atoms with van der Waals surface area (Å²) in [5.41, 5.74) is 2.52. The van der Waals surface area contributed by atoms with Gasteiger partial charge in [0, 0.05) is 34.8 Å². The van der Waals surface area contributed by atoms with E-state index in [1.165, 1.54) is 28.2 Å². The Morgan fingerprint density at radius 2 is 2.11 bits per heavy atom. The SMILES string of the molecule is Cc1ccc(CN(C)Cc2noc3c2CCCC3)s1. The van der Waals surface area contributed by atoms with Crippen molar-refractivity contribution in [3.8, 4) is 0 Å². The maximum absolute atomic E-state index is 5.47. The maximum Gasteiger partial charge on any atom is 0.140 e. The molecule has 0 fully saturated rings. The van der Waals surface area contributed by atoms with E-state index in [0.29, 0.717) is 0 Å². The molecule has 3 rings (SSSR count). The second kappa shape index (κ2) is 5.47. The third-order valence-corrected chi connectivity index (χ3v) is 4.66. The van der Waals surface area contributed by atoms with Crippen molar-refractivity contribution in [2.45, 2.75) is 45.7 Å². The van der Waals surface area contributed by atoms with Crippen LogP contribution in [0.2, 0.25) is 0 Å². The van der Waals surface area contributed by atoms with Gasteiger partial charge in [-0.1, -0.05) is 5.16 Å². The van der Waals surface area contributed by atoms with Crippen LogP contribution in [0.1, 0.15) is 39.6 Å². The normalized spacial score (nSPS) is 14.9. The zero-order chi connectivity index (χ0) is 13.2. The first kappa shape index (κ1) is 12.9. The summed E-state index contributed by atoms with van der Waals surface area (Å²) in [5, 5.41) is 4.27. The highest BCUT2D eigenvalue weighted by Gasteiger charge is 2.20. The summed E-state index contributed by atoms with van der Waals surface area (Å²) in [5.74, 6) is 1.13. The highest BCUT2D eigenvalue weighted by molar-refractivity contribution is 7.11. The van der Waals surface area contributed by atoms with Crippen molar-refractivity contribution in [3.05, 3.63) is 38.9 Å². The van der Waals surface area contributed by atoms with Crippen LogP contribution in [0.4, 0.5) is 0 Å². The molecule has 0 saturated carbocycles. The molecular formula is C15H20N2OS. The molecule has 19 heavy (non-hydrogen) atoms. The molecule has 0 saturated heterocycles. The van der Waals surface area contributed by atoms with Crippen molar-refractivity contribution in [1.82, 2.24) is 10.1 Å².